The molecular formula is C17H24O2. The average molecular weight is 260 g/mol. The monoisotopic (exact) mass is 260 g/mol. The molecule has 0 aromatic heterocycles. The number of ether oxygens (including phenoxy) is 2. The van der Waals surface area contributed by atoms with E-state index in [4.69, 9.17) is 15.9 Å². The number of unbranched alkanes of at least 4 members (excludes halogenated alkanes) is 1. The Morgan fingerprint density at radius 2 is 2.11 bits per heavy atom. The summed E-state index contributed by atoms with van der Waals surface area (Å²) < 4.78 is 11.0. The smallest absolute Gasteiger partial charge is 0.134 e. The fraction of sp³-hybridized carbons (Fsp3) is 0.529. The van der Waals surface area contributed by atoms with E-state index in [1.807, 2.05) is 18.2 Å². The zero-order chi connectivity index (χ0) is 14.1. The van der Waals surface area contributed by atoms with Gasteiger partial charge in [0.15, 0.2) is 0 Å². The summed E-state index contributed by atoms with van der Waals surface area (Å²) in [4.78, 5) is 0. The van der Waals surface area contributed by atoms with E-state index in [0.29, 0.717) is 11.7 Å². The molecule has 0 spiro atoms. The highest BCUT2D eigenvalue weighted by molar-refractivity contribution is 5.49. The molecule has 104 valence electrons. The lowest BCUT2D eigenvalue weighted by Gasteiger charge is -2.16. The van der Waals surface area contributed by atoms with Crippen LogP contribution in [0.4, 0.5) is 0 Å². The highest BCUT2D eigenvalue weighted by Gasteiger charge is 2.08. The first-order valence-corrected chi connectivity index (χ1v) is 7.02. The molecule has 0 aliphatic rings. The Balaban J connectivity index is 2.60. The molecule has 0 saturated heterocycles. The first-order chi connectivity index (χ1) is 9.24. The Labute approximate surface area is 117 Å². The predicted molar refractivity (Wildman–Crippen MR) is 79.7 cm³/mol. The Morgan fingerprint density at radius 1 is 1.32 bits per heavy atom. The van der Waals surface area contributed by atoms with Crippen molar-refractivity contribution in [3.63, 3.8) is 0 Å². The van der Waals surface area contributed by atoms with Gasteiger partial charge < -0.3 is 9.47 Å². The summed E-state index contributed by atoms with van der Waals surface area (Å²) >= 11 is 0. The zero-order valence-electron chi connectivity index (χ0n) is 12.2. The van der Waals surface area contributed by atoms with Crippen molar-refractivity contribution in [1.29, 1.82) is 0 Å². The van der Waals surface area contributed by atoms with Gasteiger partial charge in [0.25, 0.3) is 0 Å². The van der Waals surface area contributed by atoms with E-state index in [2.05, 4.69) is 19.8 Å². The van der Waals surface area contributed by atoms with Gasteiger partial charge in [0, 0.05) is 0 Å². The van der Waals surface area contributed by atoms with E-state index in [1.54, 1.807) is 7.11 Å². The molecule has 0 bridgehead atoms. The second kappa shape index (κ2) is 8.48. The molecule has 0 heterocycles. The van der Waals surface area contributed by atoms with Gasteiger partial charge in [-0.1, -0.05) is 39.0 Å². The minimum atomic E-state index is 0.622. The number of methoxy groups -OCH3 is 1. The SMILES string of the molecule is C#Cc1cc(OCC(CC)CCCC)ccc1OC. The van der Waals surface area contributed by atoms with Crippen LogP contribution in [0, 0.1) is 18.3 Å². The van der Waals surface area contributed by atoms with Crippen LogP contribution in [0.5, 0.6) is 11.5 Å². The van der Waals surface area contributed by atoms with Gasteiger partial charge in [0.05, 0.1) is 19.3 Å². The fourth-order valence-electron chi connectivity index (χ4n) is 2.00. The first-order valence-electron chi connectivity index (χ1n) is 7.02. The van der Waals surface area contributed by atoms with Crippen LogP contribution in [-0.4, -0.2) is 13.7 Å². The van der Waals surface area contributed by atoms with Crippen molar-refractivity contribution in [2.75, 3.05) is 13.7 Å². The van der Waals surface area contributed by atoms with Crippen molar-refractivity contribution in [3.05, 3.63) is 23.8 Å². The number of rotatable bonds is 8. The molecule has 0 N–H and O–H groups in total. The largest absolute Gasteiger partial charge is 0.495 e. The van der Waals surface area contributed by atoms with Crippen LogP contribution in [0.2, 0.25) is 0 Å². The number of hydrogen-bond acceptors (Lipinski definition) is 2. The highest BCUT2D eigenvalue weighted by atomic mass is 16.5. The van der Waals surface area contributed by atoms with Crippen molar-refractivity contribution < 1.29 is 9.47 Å². The van der Waals surface area contributed by atoms with Crippen LogP contribution in [0.25, 0.3) is 0 Å². The lowest BCUT2D eigenvalue weighted by atomic mass is 10.0. The van der Waals surface area contributed by atoms with Gasteiger partial charge in [-0.15, -0.1) is 6.42 Å². The van der Waals surface area contributed by atoms with E-state index < -0.39 is 0 Å². The fourth-order valence-corrected chi connectivity index (χ4v) is 2.00. The summed E-state index contributed by atoms with van der Waals surface area (Å²) in [5, 5.41) is 0. The summed E-state index contributed by atoms with van der Waals surface area (Å²) in [5.41, 5.74) is 0.738. The molecule has 1 rings (SSSR count). The van der Waals surface area contributed by atoms with Crippen molar-refractivity contribution in [2.24, 2.45) is 5.92 Å². The molecule has 0 aliphatic heterocycles. The Morgan fingerprint density at radius 3 is 2.68 bits per heavy atom. The molecule has 0 radical (unpaired) electrons. The lowest BCUT2D eigenvalue weighted by Crippen LogP contribution is -2.11. The van der Waals surface area contributed by atoms with Gasteiger partial charge in [-0.25, -0.2) is 0 Å². The Kier molecular flexibility index (Phi) is 6.89. The molecule has 0 fully saturated rings. The maximum absolute atomic E-state index is 5.85. The van der Waals surface area contributed by atoms with E-state index in [1.165, 1.54) is 19.3 Å². The van der Waals surface area contributed by atoms with E-state index in [0.717, 1.165) is 24.3 Å². The Hall–Kier alpha value is -1.62. The van der Waals surface area contributed by atoms with Gasteiger partial charge in [-0.3, -0.25) is 0 Å². The van der Waals surface area contributed by atoms with E-state index >= 15 is 0 Å². The van der Waals surface area contributed by atoms with Gasteiger partial charge >= 0.3 is 0 Å². The van der Waals surface area contributed by atoms with E-state index in [9.17, 15) is 0 Å². The standard InChI is InChI=1S/C17H24O2/c1-5-8-9-14(6-2)13-19-16-10-11-17(18-4)15(7-3)12-16/h3,10-12,14H,5-6,8-9,13H2,1-2,4H3. The molecule has 1 aromatic carbocycles. The third-order valence-electron chi connectivity index (χ3n) is 3.36. The maximum atomic E-state index is 5.85. The molecule has 19 heavy (non-hydrogen) atoms. The summed E-state index contributed by atoms with van der Waals surface area (Å²) in [7, 11) is 1.62. The van der Waals surface area contributed by atoms with Crippen molar-refractivity contribution in [2.45, 2.75) is 39.5 Å². The third-order valence-corrected chi connectivity index (χ3v) is 3.36. The normalized spacial score (nSPS) is 11.7. The minimum Gasteiger partial charge on any atom is -0.495 e. The molecular weight excluding hydrogens is 236 g/mol. The first kappa shape index (κ1) is 15.4. The Bertz CT molecular complexity index is 418. The van der Waals surface area contributed by atoms with Crippen LogP contribution >= 0.6 is 0 Å². The van der Waals surface area contributed by atoms with Crippen LogP contribution in [0.1, 0.15) is 45.1 Å². The molecule has 2 nitrogen and oxygen atoms in total. The minimum absolute atomic E-state index is 0.622. The summed E-state index contributed by atoms with van der Waals surface area (Å²) in [6.45, 7) is 5.19. The molecule has 0 aliphatic carbocycles. The maximum Gasteiger partial charge on any atom is 0.134 e. The van der Waals surface area contributed by atoms with Crippen LogP contribution < -0.4 is 9.47 Å². The van der Waals surface area contributed by atoms with E-state index in [-0.39, 0.29) is 0 Å². The quantitative estimate of drug-likeness (QED) is 0.650. The second-order valence-electron chi connectivity index (χ2n) is 4.73. The van der Waals surface area contributed by atoms with Crippen molar-refractivity contribution in [1.82, 2.24) is 0 Å². The van der Waals surface area contributed by atoms with Gasteiger partial charge in [-0.2, -0.15) is 0 Å². The van der Waals surface area contributed by atoms with Crippen LogP contribution in [0.15, 0.2) is 18.2 Å². The third kappa shape index (κ3) is 4.87. The van der Waals surface area contributed by atoms with Gasteiger partial charge in [0.2, 0.25) is 0 Å². The number of benzene rings is 1. The molecule has 1 atom stereocenters. The van der Waals surface area contributed by atoms with Crippen molar-refractivity contribution in [3.8, 4) is 23.8 Å². The predicted octanol–water partition coefficient (Wildman–Crippen LogP) is 4.27. The van der Waals surface area contributed by atoms with Gasteiger partial charge in [-0.05, 0) is 30.5 Å². The molecule has 0 amide bonds. The molecule has 0 saturated carbocycles. The average Bonchev–Trinajstić information content (AvgIpc) is 2.47. The number of terminal acetylenes is 1. The highest BCUT2D eigenvalue weighted by Crippen LogP contribution is 2.24. The second-order valence-corrected chi connectivity index (χ2v) is 4.73. The summed E-state index contributed by atoms with van der Waals surface area (Å²) in [6, 6.07) is 5.63. The summed E-state index contributed by atoms with van der Waals surface area (Å²) in [6.07, 6.45) is 10.3. The topological polar surface area (TPSA) is 18.5 Å². The summed E-state index contributed by atoms with van der Waals surface area (Å²) in [5.74, 6) is 4.78. The molecule has 2 heteroatoms. The molecule has 1 aromatic rings. The zero-order valence-corrected chi connectivity index (χ0v) is 12.2. The number of hydrogen-bond donors (Lipinski definition) is 0. The lowest BCUT2D eigenvalue weighted by molar-refractivity contribution is 0.233. The van der Waals surface area contributed by atoms with Crippen LogP contribution in [0.3, 0.4) is 0 Å². The van der Waals surface area contributed by atoms with Crippen LogP contribution in [-0.2, 0) is 0 Å². The van der Waals surface area contributed by atoms with Gasteiger partial charge in [0.1, 0.15) is 11.5 Å². The van der Waals surface area contributed by atoms with Crippen molar-refractivity contribution >= 4 is 0 Å². The molecule has 1 unspecified atom stereocenters.